The van der Waals surface area contributed by atoms with Gasteiger partial charge in [0.2, 0.25) is 0 Å². The number of rotatable bonds is 2. The highest BCUT2D eigenvalue weighted by molar-refractivity contribution is 9.11. The van der Waals surface area contributed by atoms with E-state index in [0.717, 1.165) is 23.7 Å². The van der Waals surface area contributed by atoms with E-state index in [1.165, 1.54) is 0 Å². The van der Waals surface area contributed by atoms with Gasteiger partial charge in [0.1, 0.15) is 5.78 Å². The fourth-order valence-corrected chi connectivity index (χ4v) is 3.46. The van der Waals surface area contributed by atoms with Crippen molar-refractivity contribution in [2.75, 3.05) is 0 Å². The summed E-state index contributed by atoms with van der Waals surface area (Å²) in [5, 5.41) is 0. The molecule has 0 N–H and O–H groups in total. The summed E-state index contributed by atoms with van der Waals surface area (Å²) in [5.41, 5.74) is -0.149. The largest absolute Gasteiger partial charge is 0.299 e. The molecule has 0 aliphatic heterocycles. The van der Waals surface area contributed by atoms with Crippen LogP contribution in [0.25, 0.3) is 0 Å². The lowest BCUT2D eigenvalue weighted by molar-refractivity contribution is -0.133. The third kappa shape index (κ3) is 2.05. The van der Waals surface area contributed by atoms with E-state index in [1.54, 1.807) is 6.08 Å². The zero-order valence-electron chi connectivity index (χ0n) is 9.17. The Hall–Kier alpha value is -0.700. The number of carbonyl (C=O) groups excluding carboxylic acids is 2. The molecule has 0 aromatic carbocycles. The molecule has 0 amide bonds. The highest BCUT2D eigenvalue weighted by atomic mass is 79.9. The fraction of sp³-hybridized carbons (Fsp3) is 0.538. The zero-order valence-corrected chi connectivity index (χ0v) is 10.8. The molecule has 3 heteroatoms. The highest BCUT2D eigenvalue weighted by Crippen LogP contribution is 2.49. The first-order chi connectivity index (χ1) is 7.53. The van der Waals surface area contributed by atoms with Crippen molar-refractivity contribution in [1.82, 2.24) is 0 Å². The number of Topliss-reactive ketones (excluding diaryl/α,β-unsaturated/α-hetero) is 1. The van der Waals surface area contributed by atoms with Crippen molar-refractivity contribution in [2.24, 2.45) is 11.3 Å². The average Bonchev–Trinajstić information content (AvgIpc) is 2.19. The SMILES string of the molecule is C=C(Br)C[C@@]12C=CC(=O)C[C@@H]1C(=O)CCC2. The van der Waals surface area contributed by atoms with E-state index < -0.39 is 0 Å². The summed E-state index contributed by atoms with van der Waals surface area (Å²) in [6, 6.07) is 0. The van der Waals surface area contributed by atoms with Crippen LogP contribution in [0.3, 0.4) is 0 Å². The van der Waals surface area contributed by atoms with Crippen LogP contribution in [0, 0.1) is 11.3 Å². The number of allylic oxidation sites excluding steroid dienone is 3. The van der Waals surface area contributed by atoms with Crippen LogP contribution in [0.5, 0.6) is 0 Å². The van der Waals surface area contributed by atoms with Crippen LogP contribution in [-0.4, -0.2) is 11.6 Å². The maximum atomic E-state index is 11.9. The Kier molecular flexibility index (Phi) is 3.15. The average molecular weight is 283 g/mol. The Morgan fingerprint density at radius 3 is 3.00 bits per heavy atom. The molecule has 0 spiro atoms. The summed E-state index contributed by atoms with van der Waals surface area (Å²) in [5.74, 6) is 0.210. The highest BCUT2D eigenvalue weighted by Gasteiger charge is 2.45. The lowest BCUT2D eigenvalue weighted by atomic mass is 9.60. The van der Waals surface area contributed by atoms with Crippen LogP contribution in [0.2, 0.25) is 0 Å². The maximum absolute atomic E-state index is 11.9. The van der Waals surface area contributed by atoms with Crippen molar-refractivity contribution in [2.45, 2.75) is 32.1 Å². The lowest BCUT2D eigenvalue weighted by Crippen LogP contribution is -2.41. The second-order valence-electron chi connectivity index (χ2n) is 4.80. The van der Waals surface area contributed by atoms with Gasteiger partial charge >= 0.3 is 0 Å². The van der Waals surface area contributed by atoms with E-state index in [9.17, 15) is 9.59 Å². The summed E-state index contributed by atoms with van der Waals surface area (Å²) >= 11 is 3.38. The molecule has 0 aromatic heterocycles. The van der Waals surface area contributed by atoms with Crippen LogP contribution in [0.4, 0.5) is 0 Å². The van der Waals surface area contributed by atoms with E-state index in [0.29, 0.717) is 12.8 Å². The van der Waals surface area contributed by atoms with Gasteiger partial charge in [0.25, 0.3) is 0 Å². The second kappa shape index (κ2) is 4.28. The van der Waals surface area contributed by atoms with Crippen molar-refractivity contribution in [3.63, 3.8) is 0 Å². The van der Waals surface area contributed by atoms with Gasteiger partial charge < -0.3 is 0 Å². The quantitative estimate of drug-likeness (QED) is 0.780. The van der Waals surface area contributed by atoms with E-state index >= 15 is 0 Å². The molecule has 1 saturated carbocycles. The van der Waals surface area contributed by atoms with Gasteiger partial charge in [-0.05, 0) is 29.8 Å². The Morgan fingerprint density at radius 2 is 2.31 bits per heavy atom. The predicted molar refractivity (Wildman–Crippen MR) is 66.2 cm³/mol. The molecule has 1 fully saturated rings. The molecule has 0 aromatic rings. The van der Waals surface area contributed by atoms with Crippen molar-refractivity contribution in [3.8, 4) is 0 Å². The van der Waals surface area contributed by atoms with Crippen LogP contribution < -0.4 is 0 Å². The van der Waals surface area contributed by atoms with Crippen LogP contribution >= 0.6 is 15.9 Å². The standard InChI is InChI=1S/C13H15BrO2/c1-9(14)8-13-5-2-3-12(16)11(13)7-10(15)4-6-13/h4,6,11H,1-3,5,7-8H2/t11-,13-/m1/s1. The topological polar surface area (TPSA) is 34.1 Å². The van der Waals surface area contributed by atoms with Crippen molar-refractivity contribution >= 4 is 27.5 Å². The van der Waals surface area contributed by atoms with Gasteiger partial charge in [-0.2, -0.15) is 0 Å². The Morgan fingerprint density at radius 1 is 1.56 bits per heavy atom. The second-order valence-corrected chi connectivity index (χ2v) is 5.92. The predicted octanol–water partition coefficient (Wildman–Crippen LogP) is 3.17. The first-order valence-corrected chi connectivity index (χ1v) is 6.41. The molecule has 2 aliphatic carbocycles. The summed E-state index contributed by atoms with van der Waals surface area (Å²) in [7, 11) is 0. The number of hydrogen-bond acceptors (Lipinski definition) is 2. The molecule has 16 heavy (non-hydrogen) atoms. The van der Waals surface area contributed by atoms with Gasteiger partial charge in [0, 0.05) is 24.2 Å². The number of hydrogen-bond donors (Lipinski definition) is 0. The third-order valence-corrected chi connectivity index (χ3v) is 3.96. The lowest BCUT2D eigenvalue weighted by Gasteiger charge is -2.43. The maximum Gasteiger partial charge on any atom is 0.156 e. The minimum absolute atomic E-state index is 0.0797. The Balaban J connectivity index is 2.35. The van der Waals surface area contributed by atoms with E-state index in [1.807, 2.05) is 6.08 Å². The van der Waals surface area contributed by atoms with Crippen LogP contribution in [-0.2, 0) is 9.59 Å². The molecule has 2 rings (SSSR count). The molecule has 2 aliphatic rings. The van der Waals surface area contributed by atoms with Gasteiger partial charge in [-0.25, -0.2) is 0 Å². The summed E-state index contributed by atoms with van der Waals surface area (Å²) in [6.07, 6.45) is 7.27. The van der Waals surface area contributed by atoms with E-state index in [2.05, 4.69) is 22.5 Å². The molecule has 0 unspecified atom stereocenters. The summed E-state index contributed by atoms with van der Waals surface area (Å²) in [4.78, 5) is 23.3. The molecule has 0 bridgehead atoms. The molecule has 2 nitrogen and oxygen atoms in total. The molecule has 0 saturated heterocycles. The minimum atomic E-state index is -0.149. The normalized spacial score (nSPS) is 33.7. The van der Waals surface area contributed by atoms with Crippen molar-refractivity contribution in [1.29, 1.82) is 0 Å². The van der Waals surface area contributed by atoms with Crippen molar-refractivity contribution in [3.05, 3.63) is 23.2 Å². The third-order valence-electron chi connectivity index (χ3n) is 3.68. The van der Waals surface area contributed by atoms with Gasteiger partial charge in [-0.1, -0.05) is 28.6 Å². The summed E-state index contributed by atoms with van der Waals surface area (Å²) < 4.78 is 0.909. The number of carbonyl (C=O) groups is 2. The molecule has 2 atom stereocenters. The molecule has 0 heterocycles. The van der Waals surface area contributed by atoms with Gasteiger partial charge in [-0.3, -0.25) is 9.59 Å². The smallest absolute Gasteiger partial charge is 0.156 e. The van der Waals surface area contributed by atoms with Crippen molar-refractivity contribution < 1.29 is 9.59 Å². The summed E-state index contributed by atoms with van der Waals surface area (Å²) in [6.45, 7) is 3.87. The first-order valence-electron chi connectivity index (χ1n) is 5.61. The monoisotopic (exact) mass is 282 g/mol. The minimum Gasteiger partial charge on any atom is -0.299 e. The molecular weight excluding hydrogens is 268 g/mol. The fourth-order valence-electron chi connectivity index (χ4n) is 2.93. The molecule has 0 radical (unpaired) electrons. The van der Waals surface area contributed by atoms with Crippen LogP contribution in [0.15, 0.2) is 23.2 Å². The van der Waals surface area contributed by atoms with E-state index in [-0.39, 0.29) is 22.9 Å². The van der Waals surface area contributed by atoms with Gasteiger partial charge in [0.05, 0.1) is 0 Å². The van der Waals surface area contributed by atoms with E-state index in [4.69, 9.17) is 0 Å². The molecule has 86 valence electrons. The Bertz CT molecular complexity index is 383. The number of ketones is 2. The first kappa shape index (κ1) is 11.8. The molecular formula is C13H15BrO2. The number of fused-ring (bicyclic) bond motifs is 1. The van der Waals surface area contributed by atoms with Crippen LogP contribution in [0.1, 0.15) is 32.1 Å². The van der Waals surface area contributed by atoms with Gasteiger partial charge in [0.15, 0.2) is 5.78 Å². The Labute approximate surface area is 104 Å². The zero-order chi connectivity index (χ0) is 11.8. The van der Waals surface area contributed by atoms with Gasteiger partial charge in [-0.15, -0.1) is 0 Å². The number of halogens is 1.